The molecule has 13 heteroatoms. The van der Waals surface area contributed by atoms with Crippen molar-refractivity contribution in [2.24, 2.45) is 5.10 Å². The van der Waals surface area contributed by atoms with Crippen molar-refractivity contribution in [2.45, 2.75) is 10.6 Å². The van der Waals surface area contributed by atoms with Crippen molar-refractivity contribution in [3.8, 4) is 5.82 Å². The molecule has 1 amide bonds. The van der Waals surface area contributed by atoms with E-state index in [1.807, 2.05) is 30.3 Å². The number of thioether (sulfide) groups is 1. The van der Waals surface area contributed by atoms with Crippen LogP contribution >= 0.6 is 35.0 Å². The summed E-state index contributed by atoms with van der Waals surface area (Å²) in [5, 5.41) is 20.0. The fourth-order valence-electron chi connectivity index (χ4n) is 2.63. The predicted octanol–water partition coefficient (Wildman–Crippen LogP) is 3.60. The van der Waals surface area contributed by atoms with Crippen molar-refractivity contribution in [3.05, 3.63) is 75.5 Å². The van der Waals surface area contributed by atoms with Crippen LogP contribution in [0.1, 0.15) is 21.7 Å². The molecule has 3 N–H and O–H groups in total. The summed E-state index contributed by atoms with van der Waals surface area (Å²) in [6.07, 6.45) is 1.35. The van der Waals surface area contributed by atoms with Crippen LogP contribution in [-0.2, 0) is 5.75 Å². The van der Waals surface area contributed by atoms with Gasteiger partial charge in [-0.15, -0.1) is 16.9 Å². The Kier molecular flexibility index (Phi) is 6.69. The summed E-state index contributed by atoms with van der Waals surface area (Å²) >= 11 is 13.7. The lowest BCUT2D eigenvalue weighted by Crippen LogP contribution is -2.20. The number of hydrazone groups is 1. The van der Waals surface area contributed by atoms with E-state index in [0.29, 0.717) is 27.1 Å². The second kappa shape index (κ2) is 9.81. The number of halogens is 2. The van der Waals surface area contributed by atoms with Gasteiger partial charge < -0.3 is 5.73 Å². The number of nitrogen functional groups attached to an aromatic ring is 1. The topological polar surface area (TPSA) is 137 Å². The summed E-state index contributed by atoms with van der Waals surface area (Å²) in [4.78, 5) is 13.8. The Hall–Kier alpha value is -3.41. The third kappa shape index (κ3) is 4.74. The zero-order valence-electron chi connectivity index (χ0n) is 16.1. The Labute approximate surface area is 195 Å². The largest absolute Gasteiger partial charge is 0.378 e. The van der Waals surface area contributed by atoms with E-state index in [2.05, 4.69) is 35.8 Å². The number of aromatic nitrogens is 5. The zero-order valence-corrected chi connectivity index (χ0v) is 18.5. The van der Waals surface area contributed by atoms with Crippen molar-refractivity contribution >= 4 is 52.9 Å². The number of nitrogens with zero attached hydrogens (tertiary/aromatic N) is 6. The Morgan fingerprint density at radius 1 is 1.16 bits per heavy atom. The van der Waals surface area contributed by atoms with Crippen LogP contribution in [0.3, 0.4) is 0 Å². The first-order valence-electron chi connectivity index (χ1n) is 9.03. The minimum atomic E-state index is -0.589. The second-order valence-corrected chi connectivity index (χ2v) is 8.07. The molecule has 0 fully saturated rings. The second-order valence-electron chi connectivity index (χ2n) is 6.21. The Morgan fingerprint density at radius 2 is 1.91 bits per heavy atom. The molecule has 0 radical (unpaired) electrons. The van der Waals surface area contributed by atoms with E-state index in [4.69, 9.17) is 28.9 Å². The SMILES string of the molecule is Nc1nonc1-n1nnc(C(=O)N/N=C\c2c(Cl)cccc2Cl)c1CSc1ccccc1. The number of hydrogen-bond donors (Lipinski definition) is 2. The van der Waals surface area contributed by atoms with E-state index in [9.17, 15) is 4.79 Å². The molecule has 162 valence electrons. The summed E-state index contributed by atoms with van der Waals surface area (Å²) in [6, 6.07) is 14.7. The summed E-state index contributed by atoms with van der Waals surface area (Å²) in [7, 11) is 0. The van der Waals surface area contributed by atoms with Crippen LogP contribution in [0, 0.1) is 0 Å². The lowest BCUT2D eigenvalue weighted by Gasteiger charge is -2.06. The van der Waals surface area contributed by atoms with Gasteiger partial charge in [-0.1, -0.05) is 52.7 Å². The molecule has 2 aromatic carbocycles. The Bertz CT molecular complexity index is 1260. The minimum Gasteiger partial charge on any atom is -0.378 e. The predicted molar refractivity (Wildman–Crippen MR) is 121 cm³/mol. The van der Waals surface area contributed by atoms with Crippen LogP contribution in [0.15, 0.2) is 63.2 Å². The number of anilines is 1. The van der Waals surface area contributed by atoms with Crippen LogP contribution in [0.2, 0.25) is 10.0 Å². The number of nitrogens with one attached hydrogen (secondary N) is 1. The van der Waals surface area contributed by atoms with E-state index >= 15 is 0 Å². The molecule has 0 aliphatic heterocycles. The molecule has 0 bridgehead atoms. The third-order valence-corrected chi connectivity index (χ3v) is 5.84. The number of rotatable bonds is 7. The standard InChI is InChI=1S/C19H14Cl2N8O2S/c20-13-7-4-8-14(21)12(13)9-23-25-19(30)16-15(10-32-11-5-2-1-3-6-11)29(28-24-16)18-17(22)26-31-27-18/h1-9H,10H2,(H2,22,26)(H,25,30)/b23-9-. The summed E-state index contributed by atoms with van der Waals surface area (Å²) in [5.41, 5.74) is 9.15. The smallest absolute Gasteiger partial charge is 0.293 e. The van der Waals surface area contributed by atoms with E-state index < -0.39 is 5.91 Å². The number of carbonyl (C=O) groups excluding carboxylic acids is 1. The fourth-order valence-corrected chi connectivity index (χ4v) is 4.03. The van der Waals surface area contributed by atoms with Gasteiger partial charge in [0, 0.05) is 16.2 Å². The van der Waals surface area contributed by atoms with Crippen LogP contribution in [0.25, 0.3) is 5.82 Å². The van der Waals surface area contributed by atoms with Gasteiger partial charge in [0.25, 0.3) is 5.91 Å². The molecule has 32 heavy (non-hydrogen) atoms. The third-order valence-electron chi connectivity index (χ3n) is 4.15. The maximum atomic E-state index is 12.8. The van der Waals surface area contributed by atoms with Crippen LogP contribution in [0.5, 0.6) is 0 Å². The first kappa shape index (κ1) is 21.8. The maximum Gasteiger partial charge on any atom is 0.293 e. The van der Waals surface area contributed by atoms with Gasteiger partial charge in [0.05, 0.1) is 22.0 Å². The highest BCUT2D eigenvalue weighted by atomic mass is 35.5. The molecule has 4 rings (SSSR count). The van der Waals surface area contributed by atoms with Crippen molar-refractivity contribution in [2.75, 3.05) is 5.73 Å². The van der Waals surface area contributed by atoms with Crippen molar-refractivity contribution in [1.82, 2.24) is 30.7 Å². The van der Waals surface area contributed by atoms with E-state index in [1.54, 1.807) is 18.2 Å². The van der Waals surface area contributed by atoms with E-state index in [-0.39, 0.29) is 17.3 Å². The summed E-state index contributed by atoms with van der Waals surface area (Å²) in [5.74, 6) is -0.105. The van der Waals surface area contributed by atoms with Crippen LogP contribution in [-0.4, -0.2) is 37.4 Å². The number of amides is 1. The van der Waals surface area contributed by atoms with Gasteiger partial charge >= 0.3 is 0 Å². The average molecular weight is 489 g/mol. The molecule has 0 atom stereocenters. The van der Waals surface area contributed by atoms with Gasteiger partial charge in [-0.25, -0.2) is 10.1 Å². The highest BCUT2D eigenvalue weighted by molar-refractivity contribution is 7.98. The fraction of sp³-hybridized carbons (Fsp3) is 0.0526. The zero-order chi connectivity index (χ0) is 22.5. The van der Waals surface area contributed by atoms with Crippen molar-refractivity contribution in [1.29, 1.82) is 0 Å². The molecule has 0 unspecified atom stereocenters. The summed E-state index contributed by atoms with van der Waals surface area (Å²) < 4.78 is 5.96. The molecular weight excluding hydrogens is 475 g/mol. The first-order valence-corrected chi connectivity index (χ1v) is 10.8. The van der Waals surface area contributed by atoms with Gasteiger partial charge in [0.2, 0.25) is 11.6 Å². The number of nitrogens with two attached hydrogens (primary N) is 1. The first-order chi connectivity index (χ1) is 15.5. The van der Waals surface area contributed by atoms with Gasteiger partial charge in [0.15, 0.2) is 5.69 Å². The summed E-state index contributed by atoms with van der Waals surface area (Å²) in [6.45, 7) is 0. The lowest BCUT2D eigenvalue weighted by atomic mass is 10.2. The molecule has 10 nitrogen and oxygen atoms in total. The van der Waals surface area contributed by atoms with Gasteiger partial charge in [-0.2, -0.15) is 9.78 Å². The van der Waals surface area contributed by atoms with E-state index in [1.165, 1.54) is 22.7 Å². The highest BCUT2D eigenvalue weighted by Crippen LogP contribution is 2.26. The molecule has 0 aliphatic carbocycles. The molecule has 0 saturated carbocycles. The molecule has 2 heterocycles. The molecule has 0 saturated heterocycles. The van der Waals surface area contributed by atoms with Gasteiger partial charge in [0.1, 0.15) is 0 Å². The minimum absolute atomic E-state index is 0.0131. The molecule has 0 spiro atoms. The quantitative estimate of drug-likeness (QED) is 0.228. The van der Waals surface area contributed by atoms with Gasteiger partial charge in [-0.05, 0) is 34.6 Å². The van der Waals surface area contributed by atoms with Crippen LogP contribution < -0.4 is 11.2 Å². The van der Waals surface area contributed by atoms with Crippen LogP contribution in [0.4, 0.5) is 5.82 Å². The maximum absolute atomic E-state index is 12.8. The average Bonchev–Trinajstić information content (AvgIpc) is 3.40. The molecular formula is C19H14Cl2N8O2S. The molecule has 4 aromatic rings. The van der Waals surface area contributed by atoms with Crippen molar-refractivity contribution in [3.63, 3.8) is 0 Å². The Morgan fingerprint density at radius 3 is 2.59 bits per heavy atom. The highest BCUT2D eigenvalue weighted by Gasteiger charge is 2.24. The van der Waals surface area contributed by atoms with E-state index in [0.717, 1.165) is 4.90 Å². The molecule has 0 aliphatic rings. The van der Waals surface area contributed by atoms with Gasteiger partial charge in [-0.3, -0.25) is 4.79 Å². The Balaban J connectivity index is 1.59. The molecule has 2 aromatic heterocycles. The number of carbonyl (C=O) groups is 1. The monoisotopic (exact) mass is 488 g/mol. The lowest BCUT2D eigenvalue weighted by molar-refractivity contribution is 0.0949. The van der Waals surface area contributed by atoms with Crippen molar-refractivity contribution < 1.29 is 9.42 Å². The normalized spacial score (nSPS) is 11.2. The number of benzene rings is 2. The number of hydrogen-bond acceptors (Lipinski definition) is 9.